The van der Waals surface area contributed by atoms with Gasteiger partial charge in [-0.05, 0) is 32.6 Å². The topological polar surface area (TPSA) is 45.4 Å². The highest BCUT2D eigenvalue weighted by Gasteiger charge is 2.16. The molecule has 0 unspecified atom stereocenters. The molecule has 1 aromatic carbocycles. The highest BCUT2D eigenvalue weighted by Crippen LogP contribution is 2.10. The van der Waals surface area contributed by atoms with Crippen LogP contribution in [0.4, 0.5) is 0 Å². The molecule has 0 saturated heterocycles. The lowest BCUT2D eigenvalue weighted by atomic mass is 10.1. The van der Waals surface area contributed by atoms with Crippen LogP contribution < -0.4 is 0 Å². The molecule has 4 heteroatoms. The molecule has 0 aliphatic heterocycles. The molecule has 0 aliphatic rings. The molecule has 0 amide bonds. The zero-order chi connectivity index (χ0) is 12.2. The van der Waals surface area contributed by atoms with Crippen molar-refractivity contribution in [1.29, 1.82) is 5.26 Å². The smallest absolute Gasteiger partial charge is 0.278 e. The molecule has 0 spiro atoms. The van der Waals surface area contributed by atoms with Crippen molar-refractivity contribution < 1.29 is 4.53 Å². The van der Waals surface area contributed by atoms with E-state index in [0.29, 0.717) is 5.56 Å². The van der Waals surface area contributed by atoms with Crippen LogP contribution in [0.1, 0.15) is 18.1 Å². The molecule has 84 valence electrons. The second-order valence-electron chi connectivity index (χ2n) is 4.54. The van der Waals surface area contributed by atoms with Gasteiger partial charge in [0, 0.05) is 5.56 Å². The Labute approximate surface area is 97.5 Å². The maximum absolute atomic E-state index is 8.96. The van der Waals surface area contributed by atoms with Crippen LogP contribution >= 0.6 is 0 Å². The van der Waals surface area contributed by atoms with Gasteiger partial charge >= 0.3 is 0 Å². The van der Waals surface area contributed by atoms with Crippen molar-refractivity contribution in [1.82, 2.24) is 0 Å². The predicted octanol–water partition coefficient (Wildman–Crippen LogP) is 3.13. The first kappa shape index (κ1) is 12.5. The van der Waals surface area contributed by atoms with Gasteiger partial charge in [-0.15, -0.1) is 5.16 Å². The second kappa shape index (κ2) is 4.95. The molecule has 3 nitrogen and oxygen atoms in total. The largest absolute Gasteiger partial charge is 0.455 e. The third-order valence-corrected chi connectivity index (χ3v) is 2.53. The van der Waals surface area contributed by atoms with Gasteiger partial charge in [0.2, 0.25) is 0 Å². The van der Waals surface area contributed by atoms with E-state index in [-0.39, 0.29) is 0 Å². The second-order valence-corrected chi connectivity index (χ2v) is 8.95. The molecule has 1 rings (SSSR count). The van der Waals surface area contributed by atoms with Crippen molar-refractivity contribution in [3.8, 4) is 6.07 Å². The molecule has 0 atom stereocenters. The van der Waals surface area contributed by atoms with Crippen LogP contribution in [0.2, 0.25) is 19.6 Å². The maximum atomic E-state index is 8.96. The number of nitriles is 1. The van der Waals surface area contributed by atoms with Crippen LogP contribution in [-0.2, 0) is 4.53 Å². The van der Waals surface area contributed by atoms with Gasteiger partial charge in [-0.3, -0.25) is 0 Å². The molecule has 16 heavy (non-hydrogen) atoms. The maximum Gasteiger partial charge on any atom is 0.278 e. The van der Waals surface area contributed by atoms with Crippen LogP contribution in [0.25, 0.3) is 0 Å². The van der Waals surface area contributed by atoms with E-state index in [1.54, 1.807) is 6.07 Å². The van der Waals surface area contributed by atoms with E-state index in [0.717, 1.165) is 11.3 Å². The van der Waals surface area contributed by atoms with Crippen LogP contribution in [0.3, 0.4) is 0 Å². The summed E-state index contributed by atoms with van der Waals surface area (Å²) in [6.07, 6.45) is 0. The van der Waals surface area contributed by atoms with Gasteiger partial charge in [0.15, 0.2) is 0 Å². The Morgan fingerprint density at radius 2 is 1.94 bits per heavy atom. The monoisotopic (exact) mass is 232 g/mol. The first-order valence-electron chi connectivity index (χ1n) is 5.16. The molecule has 1 aromatic rings. The molecule has 0 fully saturated rings. The summed E-state index contributed by atoms with van der Waals surface area (Å²) in [6, 6.07) is 9.54. The first-order chi connectivity index (χ1) is 7.44. The van der Waals surface area contributed by atoms with Crippen molar-refractivity contribution in [2.24, 2.45) is 5.16 Å². The van der Waals surface area contributed by atoms with Crippen LogP contribution in [0, 0.1) is 11.3 Å². The minimum absolute atomic E-state index is 0.628. The van der Waals surface area contributed by atoms with Gasteiger partial charge in [-0.1, -0.05) is 18.2 Å². The number of hydrogen-bond acceptors (Lipinski definition) is 3. The average molecular weight is 232 g/mol. The molecular weight excluding hydrogens is 216 g/mol. The van der Waals surface area contributed by atoms with Crippen molar-refractivity contribution in [3.63, 3.8) is 0 Å². The highest BCUT2D eigenvalue weighted by molar-refractivity contribution is 6.69. The molecule has 0 saturated carbocycles. The molecule has 0 bridgehead atoms. The Balaban J connectivity index is 2.97. The third kappa shape index (κ3) is 3.52. The van der Waals surface area contributed by atoms with Gasteiger partial charge in [0.05, 0.1) is 17.3 Å². The van der Waals surface area contributed by atoms with Crippen LogP contribution in [0.5, 0.6) is 0 Å². The summed E-state index contributed by atoms with van der Waals surface area (Å²) in [6.45, 7) is 8.07. The zero-order valence-corrected chi connectivity index (χ0v) is 11.1. The summed E-state index contributed by atoms with van der Waals surface area (Å²) in [5, 5.41) is 13.1. The molecule has 0 heterocycles. The van der Waals surface area contributed by atoms with E-state index in [9.17, 15) is 0 Å². The van der Waals surface area contributed by atoms with Gasteiger partial charge in [0.1, 0.15) is 0 Å². The number of nitrogens with zero attached hydrogens (tertiary/aromatic N) is 2. The fourth-order valence-corrected chi connectivity index (χ4v) is 1.56. The number of rotatable bonds is 3. The minimum Gasteiger partial charge on any atom is -0.455 e. The zero-order valence-electron chi connectivity index (χ0n) is 10.1. The first-order valence-corrected chi connectivity index (χ1v) is 8.57. The summed E-state index contributed by atoms with van der Waals surface area (Å²) in [5.41, 5.74) is 2.21. The lowest BCUT2D eigenvalue weighted by Crippen LogP contribution is -2.23. The highest BCUT2D eigenvalue weighted by atomic mass is 28.4. The van der Waals surface area contributed by atoms with Crippen LogP contribution in [-0.4, -0.2) is 14.0 Å². The Morgan fingerprint density at radius 1 is 1.31 bits per heavy atom. The van der Waals surface area contributed by atoms with E-state index >= 15 is 0 Å². The van der Waals surface area contributed by atoms with E-state index in [1.807, 2.05) is 25.1 Å². The lowest BCUT2D eigenvalue weighted by Gasteiger charge is -2.14. The van der Waals surface area contributed by atoms with E-state index in [1.165, 1.54) is 0 Å². The molecule has 0 aromatic heterocycles. The van der Waals surface area contributed by atoms with E-state index in [2.05, 4.69) is 30.9 Å². The van der Waals surface area contributed by atoms with E-state index in [4.69, 9.17) is 9.79 Å². The van der Waals surface area contributed by atoms with Crippen LogP contribution in [0.15, 0.2) is 29.4 Å². The van der Waals surface area contributed by atoms with Crippen molar-refractivity contribution in [2.45, 2.75) is 26.6 Å². The number of hydrogen-bond donors (Lipinski definition) is 0. The van der Waals surface area contributed by atoms with Gasteiger partial charge < -0.3 is 4.53 Å². The Morgan fingerprint density at radius 3 is 2.50 bits per heavy atom. The Kier molecular flexibility index (Phi) is 3.86. The fourth-order valence-electron chi connectivity index (χ4n) is 1.15. The fraction of sp³-hybridized carbons (Fsp3) is 0.333. The number of benzene rings is 1. The van der Waals surface area contributed by atoms with Gasteiger partial charge in [-0.2, -0.15) is 5.26 Å². The van der Waals surface area contributed by atoms with Crippen molar-refractivity contribution >= 4 is 14.0 Å². The minimum atomic E-state index is -1.65. The summed E-state index contributed by atoms with van der Waals surface area (Å²) >= 11 is 0. The molecule has 0 radical (unpaired) electrons. The van der Waals surface area contributed by atoms with Crippen molar-refractivity contribution in [2.75, 3.05) is 0 Å². The van der Waals surface area contributed by atoms with Gasteiger partial charge in [-0.25, -0.2) is 0 Å². The summed E-state index contributed by atoms with van der Waals surface area (Å²) in [4.78, 5) is 0. The van der Waals surface area contributed by atoms with E-state index < -0.39 is 8.32 Å². The molecule has 0 N–H and O–H groups in total. The predicted molar refractivity (Wildman–Crippen MR) is 67.8 cm³/mol. The lowest BCUT2D eigenvalue weighted by molar-refractivity contribution is 0.335. The molecular formula is C12H16N2OSi. The quantitative estimate of drug-likeness (QED) is 0.456. The summed E-state index contributed by atoms with van der Waals surface area (Å²) in [5.74, 6) is 0. The standard InChI is InChI=1S/C12H16N2OSi/c1-10(14-15-16(2,3)4)12-8-6-5-7-11(12)9-13/h5-8H,1-4H3. The normalized spacial score (nSPS) is 12.1. The molecule has 0 aliphatic carbocycles. The average Bonchev–Trinajstić information content (AvgIpc) is 2.25. The SMILES string of the molecule is CC(=NO[Si](C)(C)C)c1ccccc1C#N. The summed E-state index contributed by atoms with van der Waals surface area (Å²) < 4.78 is 5.46. The third-order valence-electron chi connectivity index (χ3n) is 1.89. The van der Waals surface area contributed by atoms with Crippen molar-refractivity contribution in [3.05, 3.63) is 35.4 Å². The Hall–Kier alpha value is -1.60. The summed E-state index contributed by atoms with van der Waals surface area (Å²) in [7, 11) is -1.65. The Bertz CT molecular complexity index is 441. The number of oxime groups is 1. The van der Waals surface area contributed by atoms with Gasteiger partial charge in [0.25, 0.3) is 8.32 Å².